The lowest BCUT2D eigenvalue weighted by molar-refractivity contribution is -0.131. The topological polar surface area (TPSA) is 41.6 Å². The van der Waals surface area contributed by atoms with E-state index in [4.69, 9.17) is 4.74 Å². The quantitative estimate of drug-likeness (QED) is 0.826. The van der Waals surface area contributed by atoms with E-state index in [1.807, 2.05) is 42.7 Å². The molecule has 122 valence electrons. The summed E-state index contributed by atoms with van der Waals surface area (Å²) in [5, 5.41) is 3.03. The lowest BCUT2D eigenvalue weighted by Crippen LogP contribution is -2.35. The minimum absolute atomic E-state index is 0.00211. The zero-order valence-corrected chi connectivity index (χ0v) is 14.8. The van der Waals surface area contributed by atoms with E-state index in [1.165, 1.54) is 23.5 Å². The van der Waals surface area contributed by atoms with Gasteiger partial charge in [-0.1, -0.05) is 12.1 Å². The number of carbonyl (C=O) groups is 1. The van der Waals surface area contributed by atoms with E-state index >= 15 is 0 Å². The average molecular weight is 341 g/mol. The predicted octanol–water partition coefficient (Wildman–Crippen LogP) is 2.61. The molecular weight excluding hydrogens is 316 g/mol. The molecule has 1 fully saturated rings. The lowest BCUT2D eigenvalue weighted by atomic mass is 10.2. The molecule has 1 aliphatic rings. The van der Waals surface area contributed by atoms with E-state index in [0.29, 0.717) is 11.1 Å². The van der Waals surface area contributed by atoms with Crippen LogP contribution in [0.5, 0.6) is 5.75 Å². The number of hydrogen-bond donors (Lipinski definition) is 1. The molecule has 0 unspecified atom stereocenters. The van der Waals surface area contributed by atoms with Gasteiger partial charge in [-0.05, 0) is 42.7 Å². The molecule has 1 N–H and O–H groups in total. The second-order valence-electron chi connectivity index (χ2n) is 5.20. The number of amides is 1. The molecule has 0 spiro atoms. The van der Waals surface area contributed by atoms with Gasteiger partial charge in [-0.15, -0.1) is 23.5 Å². The standard InChI is InChI=1S/C16H24N2O2S2/c1-17-8-9-18(2)15(19)12-20-14-6-4-13(5-7-14)16-21-10-3-11-22-16/h4-7,16-17H,3,8-12H2,1-2H3. The number of carbonyl (C=O) groups excluding carboxylic acids is 1. The van der Waals surface area contributed by atoms with Crippen LogP contribution in [0.2, 0.25) is 0 Å². The first-order valence-electron chi connectivity index (χ1n) is 7.55. The van der Waals surface area contributed by atoms with Crippen LogP contribution < -0.4 is 10.1 Å². The number of nitrogens with one attached hydrogen (secondary N) is 1. The van der Waals surface area contributed by atoms with Gasteiger partial charge in [-0.2, -0.15) is 0 Å². The van der Waals surface area contributed by atoms with Gasteiger partial charge in [-0.25, -0.2) is 0 Å². The molecule has 1 amide bonds. The highest BCUT2D eigenvalue weighted by Gasteiger charge is 2.16. The van der Waals surface area contributed by atoms with Crippen molar-refractivity contribution in [2.24, 2.45) is 0 Å². The van der Waals surface area contributed by atoms with Gasteiger partial charge in [0.2, 0.25) is 0 Å². The van der Waals surface area contributed by atoms with Crippen molar-refractivity contribution in [1.29, 1.82) is 0 Å². The predicted molar refractivity (Wildman–Crippen MR) is 95.8 cm³/mol. The summed E-state index contributed by atoms with van der Waals surface area (Å²) in [6.07, 6.45) is 1.30. The molecule has 1 aromatic carbocycles. The van der Waals surface area contributed by atoms with Crippen molar-refractivity contribution >= 4 is 29.4 Å². The van der Waals surface area contributed by atoms with Crippen molar-refractivity contribution in [2.45, 2.75) is 11.0 Å². The molecule has 0 aliphatic carbocycles. The average Bonchev–Trinajstić information content (AvgIpc) is 2.58. The van der Waals surface area contributed by atoms with E-state index in [9.17, 15) is 4.79 Å². The van der Waals surface area contributed by atoms with E-state index in [2.05, 4.69) is 17.4 Å². The normalized spacial score (nSPS) is 15.5. The molecule has 0 aromatic heterocycles. The van der Waals surface area contributed by atoms with Crippen LogP contribution in [-0.2, 0) is 4.79 Å². The van der Waals surface area contributed by atoms with Crippen LogP contribution in [-0.4, -0.2) is 56.1 Å². The second kappa shape index (κ2) is 9.33. The molecule has 0 atom stereocenters. The van der Waals surface area contributed by atoms with Gasteiger partial charge in [0.15, 0.2) is 6.61 Å². The van der Waals surface area contributed by atoms with Crippen molar-refractivity contribution in [1.82, 2.24) is 10.2 Å². The van der Waals surface area contributed by atoms with Crippen LogP contribution >= 0.6 is 23.5 Å². The van der Waals surface area contributed by atoms with E-state index < -0.39 is 0 Å². The van der Waals surface area contributed by atoms with Gasteiger partial charge in [0.05, 0.1) is 4.58 Å². The molecule has 22 heavy (non-hydrogen) atoms. The molecule has 1 aromatic rings. The number of benzene rings is 1. The van der Waals surface area contributed by atoms with Gasteiger partial charge in [0.25, 0.3) is 5.91 Å². The first kappa shape index (κ1) is 17.5. The zero-order chi connectivity index (χ0) is 15.8. The van der Waals surface area contributed by atoms with Crippen LogP contribution in [0.4, 0.5) is 0 Å². The largest absolute Gasteiger partial charge is 0.484 e. The third-order valence-electron chi connectivity index (χ3n) is 3.46. The highest BCUT2D eigenvalue weighted by molar-refractivity contribution is 8.16. The summed E-state index contributed by atoms with van der Waals surface area (Å²) < 4.78 is 6.12. The summed E-state index contributed by atoms with van der Waals surface area (Å²) in [4.78, 5) is 13.6. The fourth-order valence-electron chi connectivity index (χ4n) is 2.06. The van der Waals surface area contributed by atoms with E-state index in [-0.39, 0.29) is 12.5 Å². The molecular formula is C16H24N2O2S2. The van der Waals surface area contributed by atoms with Crippen molar-refractivity contribution in [3.8, 4) is 5.75 Å². The summed E-state index contributed by atoms with van der Waals surface area (Å²) in [7, 11) is 3.67. The SMILES string of the molecule is CNCCN(C)C(=O)COc1ccc(C2SCCCS2)cc1. The molecule has 1 heterocycles. The highest BCUT2D eigenvalue weighted by Crippen LogP contribution is 2.43. The van der Waals surface area contributed by atoms with Gasteiger partial charge < -0.3 is 15.0 Å². The number of hydrogen-bond acceptors (Lipinski definition) is 5. The molecule has 2 rings (SSSR count). The Morgan fingerprint density at radius 3 is 2.64 bits per heavy atom. The van der Waals surface area contributed by atoms with Gasteiger partial charge in [-0.3, -0.25) is 4.79 Å². The Morgan fingerprint density at radius 1 is 1.32 bits per heavy atom. The molecule has 6 heteroatoms. The van der Waals surface area contributed by atoms with Crippen LogP contribution in [0.15, 0.2) is 24.3 Å². The molecule has 1 aliphatic heterocycles. The van der Waals surface area contributed by atoms with Crippen molar-refractivity contribution in [2.75, 3.05) is 45.3 Å². The summed E-state index contributed by atoms with van der Waals surface area (Å²) in [6, 6.07) is 8.15. The maximum atomic E-state index is 11.9. The van der Waals surface area contributed by atoms with Crippen LogP contribution in [0, 0.1) is 0 Å². The van der Waals surface area contributed by atoms with E-state index in [0.717, 1.165) is 12.3 Å². The number of thioether (sulfide) groups is 2. The van der Waals surface area contributed by atoms with E-state index in [1.54, 1.807) is 11.9 Å². The second-order valence-corrected chi connectivity index (χ2v) is 7.93. The number of ether oxygens (including phenoxy) is 1. The van der Waals surface area contributed by atoms with Crippen LogP contribution in [0.3, 0.4) is 0 Å². The van der Waals surface area contributed by atoms with Crippen molar-refractivity contribution in [3.63, 3.8) is 0 Å². The first-order chi connectivity index (χ1) is 10.7. The molecule has 0 radical (unpaired) electrons. The van der Waals surface area contributed by atoms with Gasteiger partial charge in [0.1, 0.15) is 5.75 Å². The maximum absolute atomic E-state index is 11.9. The third-order valence-corrected chi connectivity index (χ3v) is 6.48. The Bertz CT molecular complexity index is 462. The summed E-state index contributed by atoms with van der Waals surface area (Å²) in [6.45, 7) is 1.56. The first-order valence-corrected chi connectivity index (χ1v) is 9.65. The molecule has 0 saturated carbocycles. The van der Waals surface area contributed by atoms with Crippen LogP contribution in [0.25, 0.3) is 0 Å². The van der Waals surface area contributed by atoms with Crippen molar-refractivity contribution in [3.05, 3.63) is 29.8 Å². The minimum atomic E-state index is -0.00211. The van der Waals surface area contributed by atoms with Crippen molar-refractivity contribution < 1.29 is 9.53 Å². The maximum Gasteiger partial charge on any atom is 0.260 e. The lowest BCUT2D eigenvalue weighted by Gasteiger charge is -2.21. The highest BCUT2D eigenvalue weighted by atomic mass is 32.2. The number of rotatable bonds is 7. The van der Waals surface area contributed by atoms with Crippen LogP contribution in [0.1, 0.15) is 16.6 Å². The number of likely N-dealkylation sites (N-methyl/N-ethyl adjacent to an activating group) is 2. The third kappa shape index (κ3) is 5.41. The molecule has 1 saturated heterocycles. The number of nitrogens with zero attached hydrogens (tertiary/aromatic N) is 1. The summed E-state index contributed by atoms with van der Waals surface area (Å²) in [5.74, 6) is 3.23. The Hall–Kier alpha value is -0.850. The fraction of sp³-hybridized carbons (Fsp3) is 0.562. The Morgan fingerprint density at radius 2 is 2.00 bits per heavy atom. The fourth-order valence-corrected chi connectivity index (χ4v) is 4.96. The Kier molecular flexibility index (Phi) is 7.42. The smallest absolute Gasteiger partial charge is 0.260 e. The summed E-state index contributed by atoms with van der Waals surface area (Å²) >= 11 is 4.01. The molecule has 4 nitrogen and oxygen atoms in total. The zero-order valence-electron chi connectivity index (χ0n) is 13.2. The monoisotopic (exact) mass is 340 g/mol. The Balaban J connectivity index is 1.79. The Labute approximate surface area is 141 Å². The molecule has 0 bridgehead atoms. The summed E-state index contributed by atoms with van der Waals surface area (Å²) in [5.41, 5.74) is 1.33. The van der Waals surface area contributed by atoms with Gasteiger partial charge >= 0.3 is 0 Å². The van der Waals surface area contributed by atoms with Gasteiger partial charge in [0, 0.05) is 20.1 Å². The minimum Gasteiger partial charge on any atom is -0.484 e.